The lowest BCUT2D eigenvalue weighted by Crippen LogP contribution is -2.49. The predicted octanol–water partition coefficient (Wildman–Crippen LogP) is 5.23. The third kappa shape index (κ3) is 4.32. The molecule has 1 saturated heterocycles. The van der Waals surface area contributed by atoms with Crippen LogP contribution in [-0.4, -0.2) is 40.7 Å². The Morgan fingerprint density at radius 1 is 1.06 bits per heavy atom. The summed E-state index contributed by atoms with van der Waals surface area (Å²) < 4.78 is 17.6. The van der Waals surface area contributed by atoms with Crippen molar-refractivity contribution < 1.29 is 18.8 Å². The highest BCUT2D eigenvalue weighted by Crippen LogP contribution is 2.35. The summed E-state index contributed by atoms with van der Waals surface area (Å²) >= 11 is 1.55. The molecule has 1 amide bonds. The van der Waals surface area contributed by atoms with E-state index in [1.807, 2.05) is 69.6 Å². The van der Waals surface area contributed by atoms with Crippen LogP contribution in [0.5, 0.6) is 17.2 Å². The molecule has 1 aliphatic heterocycles. The first kappa shape index (κ1) is 22.2. The number of likely N-dealkylation sites (tertiary alicyclic amines) is 1. The summed E-state index contributed by atoms with van der Waals surface area (Å²) in [7, 11) is 1.91. The number of amides is 1. The Bertz CT molecular complexity index is 1350. The fourth-order valence-electron chi connectivity index (χ4n) is 4.02. The van der Waals surface area contributed by atoms with E-state index in [9.17, 15) is 4.79 Å². The second kappa shape index (κ2) is 8.66. The monoisotopic (exact) mass is 477 g/mol. The highest BCUT2D eigenvalue weighted by Gasteiger charge is 2.50. The number of hydrogen-bond donors (Lipinski definition) is 0. The van der Waals surface area contributed by atoms with Crippen LogP contribution in [0.25, 0.3) is 11.5 Å². The van der Waals surface area contributed by atoms with Gasteiger partial charge in [-0.15, -0.1) is 0 Å². The van der Waals surface area contributed by atoms with Gasteiger partial charge in [-0.05, 0) is 62.7 Å². The van der Waals surface area contributed by atoms with E-state index in [1.54, 1.807) is 18.3 Å². The van der Waals surface area contributed by atoms with Crippen molar-refractivity contribution in [2.45, 2.75) is 33.3 Å². The third-order valence-corrected chi connectivity index (χ3v) is 6.92. The van der Waals surface area contributed by atoms with Crippen molar-refractivity contribution in [3.05, 3.63) is 64.9 Å². The minimum Gasteiger partial charge on any atom is -0.476 e. The summed E-state index contributed by atoms with van der Waals surface area (Å²) in [5.74, 6) is 2.98. The van der Waals surface area contributed by atoms with Gasteiger partial charge in [0.2, 0.25) is 6.10 Å². The molecule has 4 aromatic rings. The molecule has 0 radical (unpaired) electrons. The summed E-state index contributed by atoms with van der Waals surface area (Å²) in [6, 6.07) is 13.1. The van der Waals surface area contributed by atoms with Gasteiger partial charge in [0.1, 0.15) is 17.2 Å². The van der Waals surface area contributed by atoms with Gasteiger partial charge < -0.3 is 14.0 Å². The molecule has 8 nitrogen and oxygen atoms in total. The van der Waals surface area contributed by atoms with Crippen molar-refractivity contribution in [1.82, 2.24) is 19.6 Å². The SMILES string of the molecule is Cc1cc(Oc2ccc(-c3nc(C)no3)cc2)cc(OC2CC[N+](C)(c3ncc(C)s3)C2=O)c1. The first-order chi connectivity index (χ1) is 16.3. The quantitative estimate of drug-likeness (QED) is 0.352. The molecule has 34 heavy (non-hydrogen) atoms. The number of carbonyl (C=O) groups excluding carboxylic acids is 1. The van der Waals surface area contributed by atoms with Gasteiger partial charge in [0.15, 0.2) is 5.82 Å². The average Bonchev–Trinajstić information content (AvgIpc) is 3.51. The molecule has 0 saturated carbocycles. The molecule has 0 spiro atoms. The normalized spacial score (nSPS) is 20.0. The zero-order valence-electron chi connectivity index (χ0n) is 19.4. The molecule has 5 rings (SSSR count). The number of quaternary nitrogens is 1. The molecule has 2 atom stereocenters. The Hall–Kier alpha value is -3.56. The Kier molecular flexibility index (Phi) is 5.66. The van der Waals surface area contributed by atoms with E-state index in [0.717, 1.165) is 21.1 Å². The molecule has 0 aliphatic carbocycles. The number of carbonyl (C=O) groups is 1. The molecule has 174 valence electrons. The van der Waals surface area contributed by atoms with Gasteiger partial charge in [-0.3, -0.25) is 0 Å². The van der Waals surface area contributed by atoms with E-state index in [1.165, 1.54) is 0 Å². The lowest BCUT2D eigenvalue weighted by atomic mass is 10.2. The second-order valence-corrected chi connectivity index (χ2v) is 9.87. The first-order valence-corrected chi connectivity index (χ1v) is 11.8. The van der Waals surface area contributed by atoms with Crippen LogP contribution < -0.4 is 14.0 Å². The van der Waals surface area contributed by atoms with Crippen LogP contribution in [0.1, 0.15) is 22.7 Å². The van der Waals surface area contributed by atoms with Crippen molar-refractivity contribution in [3.63, 3.8) is 0 Å². The van der Waals surface area contributed by atoms with Gasteiger partial charge >= 0.3 is 5.91 Å². The van der Waals surface area contributed by atoms with Crippen molar-refractivity contribution in [3.8, 4) is 28.7 Å². The first-order valence-electron chi connectivity index (χ1n) is 11.0. The number of aryl methyl sites for hydroxylation is 3. The molecule has 3 heterocycles. The highest BCUT2D eigenvalue weighted by molar-refractivity contribution is 7.15. The molecule has 9 heteroatoms. The van der Waals surface area contributed by atoms with Crippen molar-refractivity contribution in [2.75, 3.05) is 13.6 Å². The number of benzene rings is 2. The number of rotatable bonds is 6. The zero-order valence-corrected chi connectivity index (χ0v) is 20.3. The van der Waals surface area contributed by atoms with Gasteiger partial charge in [0.05, 0.1) is 13.6 Å². The van der Waals surface area contributed by atoms with Gasteiger partial charge in [-0.25, -0.2) is 9.28 Å². The molecule has 1 aliphatic rings. The van der Waals surface area contributed by atoms with E-state index >= 15 is 0 Å². The molecule has 0 N–H and O–H groups in total. The molecular formula is C25H25N4O4S+. The third-order valence-electron chi connectivity index (χ3n) is 5.80. The Labute approximate surface area is 201 Å². The largest absolute Gasteiger partial charge is 0.476 e. The molecule has 2 unspecified atom stereocenters. The fourth-order valence-corrected chi connectivity index (χ4v) is 4.90. The van der Waals surface area contributed by atoms with Crippen LogP contribution in [0.2, 0.25) is 0 Å². The Morgan fingerprint density at radius 3 is 2.50 bits per heavy atom. The van der Waals surface area contributed by atoms with E-state index in [2.05, 4.69) is 15.1 Å². The molecule has 2 aromatic carbocycles. The number of ether oxygens (including phenoxy) is 2. The number of likely N-dealkylation sites (N-methyl/N-ethyl adjacent to an activating group) is 1. The van der Waals surface area contributed by atoms with Crippen LogP contribution in [0, 0.1) is 20.8 Å². The Morgan fingerprint density at radius 2 is 1.82 bits per heavy atom. The van der Waals surface area contributed by atoms with Crippen LogP contribution in [-0.2, 0) is 4.79 Å². The van der Waals surface area contributed by atoms with E-state index in [-0.39, 0.29) is 10.4 Å². The van der Waals surface area contributed by atoms with Gasteiger partial charge in [0.25, 0.3) is 11.0 Å². The van der Waals surface area contributed by atoms with Crippen LogP contribution in [0.3, 0.4) is 0 Å². The molecular weight excluding hydrogens is 452 g/mol. The summed E-state index contributed by atoms with van der Waals surface area (Å²) in [6.45, 7) is 6.41. The van der Waals surface area contributed by atoms with Gasteiger partial charge in [-0.1, -0.05) is 16.5 Å². The predicted molar refractivity (Wildman–Crippen MR) is 129 cm³/mol. The maximum absolute atomic E-state index is 13.2. The minimum absolute atomic E-state index is 0.0187. The van der Waals surface area contributed by atoms with Crippen molar-refractivity contribution in [1.29, 1.82) is 0 Å². The number of nitrogens with zero attached hydrogens (tertiary/aromatic N) is 4. The number of aromatic nitrogens is 3. The summed E-state index contributed by atoms with van der Waals surface area (Å²) in [4.78, 5) is 23.0. The average molecular weight is 478 g/mol. The smallest absolute Gasteiger partial charge is 0.361 e. The van der Waals surface area contributed by atoms with Crippen LogP contribution in [0.4, 0.5) is 5.13 Å². The van der Waals surface area contributed by atoms with E-state index < -0.39 is 6.10 Å². The van der Waals surface area contributed by atoms with Crippen molar-refractivity contribution >= 4 is 22.4 Å². The summed E-state index contributed by atoms with van der Waals surface area (Å²) in [5, 5.41) is 4.62. The summed E-state index contributed by atoms with van der Waals surface area (Å²) in [6.07, 6.45) is 1.92. The van der Waals surface area contributed by atoms with Crippen molar-refractivity contribution in [2.24, 2.45) is 0 Å². The maximum Gasteiger partial charge on any atom is 0.361 e. The van der Waals surface area contributed by atoms with Gasteiger partial charge in [0, 0.05) is 29.1 Å². The lowest BCUT2D eigenvalue weighted by molar-refractivity contribution is -0.131. The van der Waals surface area contributed by atoms with E-state index in [0.29, 0.717) is 41.9 Å². The Balaban J connectivity index is 1.30. The zero-order chi connectivity index (χ0) is 23.9. The highest BCUT2D eigenvalue weighted by atomic mass is 32.1. The lowest BCUT2D eigenvalue weighted by Gasteiger charge is -2.22. The summed E-state index contributed by atoms with van der Waals surface area (Å²) in [5.41, 5.74) is 1.79. The minimum atomic E-state index is -0.527. The number of thiazole rings is 1. The maximum atomic E-state index is 13.2. The molecule has 2 aromatic heterocycles. The molecule has 0 bridgehead atoms. The van der Waals surface area contributed by atoms with Crippen LogP contribution >= 0.6 is 11.3 Å². The topological polar surface area (TPSA) is 87.3 Å². The standard InChI is InChI=1S/C25H25N4O4S/c1-15-11-20(31-19-7-5-18(6-8-19)23-27-17(3)28-33-23)13-21(12-15)32-22-9-10-29(4,24(22)30)25-26-14-16(2)34-25/h5-8,11-14,22H,9-10H2,1-4H3/q+1. The molecule has 1 fully saturated rings. The number of hydrogen-bond acceptors (Lipinski definition) is 8. The van der Waals surface area contributed by atoms with E-state index in [4.69, 9.17) is 14.0 Å². The second-order valence-electron chi connectivity index (χ2n) is 8.66. The van der Waals surface area contributed by atoms with Gasteiger partial charge in [-0.2, -0.15) is 9.97 Å². The fraction of sp³-hybridized carbons (Fsp3) is 0.280. The van der Waals surface area contributed by atoms with Crippen LogP contribution in [0.15, 0.2) is 53.2 Å².